The number of anilines is 1. The summed E-state index contributed by atoms with van der Waals surface area (Å²) in [5.74, 6) is 0.395. The van der Waals surface area contributed by atoms with Crippen LogP contribution in [-0.4, -0.2) is 46.7 Å². The Kier molecular flexibility index (Phi) is 6.50. The number of hydrogen-bond donors (Lipinski definition) is 2. The van der Waals surface area contributed by atoms with Crippen molar-refractivity contribution >= 4 is 34.4 Å². The molecular weight excluding hydrogens is 452 g/mol. The van der Waals surface area contributed by atoms with E-state index in [1.165, 1.54) is 0 Å². The van der Waals surface area contributed by atoms with Gasteiger partial charge in [-0.25, -0.2) is 9.97 Å². The first-order chi connectivity index (χ1) is 16.6. The zero-order valence-corrected chi connectivity index (χ0v) is 19.6. The number of aromatic nitrogens is 3. The molecule has 1 atom stereocenters. The molecule has 4 heterocycles. The fourth-order valence-corrected chi connectivity index (χ4v) is 4.99. The number of piperidine rings is 1. The second kappa shape index (κ2) is 9.71. The molecule has 2 N–H and O–H groups in total. The van der Waals surface area contributed by atoms with E-state index in [1.807, 2.05) is 28.8 Å². The number of nitrogens with zero attached hydrogens (tertiary/aromatic N) is 4. The molecule has 0 spiro atoms. The summed E-state index contributed by atoms with van der Waals surface area (Å²) in [5, 5.41) is 16.6. The molecule has 34 heavy (non-hydrogen) atoms. The van der Waals surface area contributed by atoms with Crippen molar-refractivity contribution in [2.75, 3.05) is 31.6 Å². The predicted octanol–water partition coefficient (Wildman–Crippen LogP) is 4.01. The third-order valence-electron chi connectivity index (χ3n) is 6.87. The number of pyridine rings is 1. The summed E-state index contributed by atoms with van der Waals surface area (Å²) in [6.45, 7) is 3.40. The van der Waals surface area contributed by atoms with E-state index in [0.29, 0.717) is 50.0 Å². The van der Waals surface area contributed by atoms with Crippen LogP contribution in [0.1, 0.15) is 25.7 Å². The van der Waals surface area contributed by atoms with Gasteiger partial charge in [0.1, 0.15) is 5.82 Å². The number of nitrogens with one attached hydrogen (secondary N) is 2. The summed E-state index contributed by atoms with van der Waals surface area (Å²) in [7, 11) is 0. The van der Waals surface area contributed by atoms with Gasteiger partial charge in [-0.05, 0) is 56.0 Å². The lowest BCUT2D eigenvalue weighted by molar-refractivity contribution is -0.120. The van der Waals surface area contributed by atoms with Gasteiger partial charge in [-0.2, -0.15) is 5.26 Å². The van der Waals surface area contributed by atoms with Crippen molar-refractivity contribution in [3.63, 3.8) is 0 Å². The lowest BCUT2D eigenvalue weighted by atomic mass is 9.81. The molecule has 176 valence electrons. The molecule has 8 nitrogen and oxygen atoms in total. The van der Waals surface area contributed by atoms with Gasteiger partial charge in [0, 0.05) is 38.1 Å². The monoisotopic (exact) mass is 478 g/mol. The average molecular weight is 479 g/mol. The van der Waals surface area contributed by atoms with E-state index in [2.05, 4.69) is 26.7 Å². The number of carbonyl (C=O) groups is 1. The zero-order chi connectivity index (χ0) is 23.5. The van der Waals surface area contributed by atoms with E-state index in [4.69, 9.17) is 16.3 Å². The molecule has 0 unspecified atom stereocenters. The van der Waals surface area contributed by atoms with Crippen molar-refractivity contribution in [2.24, 2.45) is 11.3 Å². The molecule has 1 aromatic carbocycles. The molecule has 2 saturated heterocycles. The molecule has 2 aromatic heterocycles. The van der Waals surface area contributed by atoms with Gasteiger partial charge in [-0.1, -0.05) is 17.7 Å². The summed E-state index contributed by atoms with van der Waals surface area (Å²) >= 11 is 6.52. The lowest BCUT2D eigenvalue weighted by Gasteiger charge is -2.31. The van der Waals surface area contributed by atoms with Crippen LogP contribution in [0.25, 0.3) is 22.2 Å². The van der Waals surface area contributed by atoms with Gasteiger partial charge in [-0.15, -0.1) is 0 Å². The molecular formula is C25H27ClN6O2. The number of halogens is 1. The predicted molar refractivity (Wildman–Crippen MR) is 130 cm³/mol. The quantitative estimate of drug-likeness (QED) is 0.574. The highest BCUT2D eigenvalue weighted by atomic mass is 35.5. The van der Waals surface area contributed by atoms with E-state index >= 15 is 0 Å². The second-order valence-corrected chi connectivity index (χ2v) is 9.57. The Morgan fingerprint density at radius 3 is 2.94 bits per heavy atom. The molecule has 0 aliphatic carbocycles. The van der Waals surface area contributed by atoms with Gasteiger partial charge < -0.3 is 19.9 Å². The minimum absolute atomic E-state index is 0.0280. The lowest BCUT2D eigenvalue weighted by Crippen LogP contribution is -2.37. The molecule has 2 fully saturated rings. The van der Waals surface area contributed by atoms with Crippen LogP contribution in [0.15, 0.2) is 36.8 Å². The molecule has 2 aliphatic heterocycles. The van der Waals surface area contributed by atoms with Crippen molar-refractivity contribution in [2.45, 2.75) is 32.2 Å². The number of fused-ring (bicyclic) bond motifs is 1. The number of carbonyl (C=O) groups excluding carboxylic acids is 1. The maximum atomic E-state index is 12.7. The Labute approximate surface area is 203 Å². The third kappa shape index (κ3) is 4.64. The Bertz CT molecular complexity index is 1240. The van der Waals surface area contributed by atoms with Gasteiger partial charge in [0.2, 0.25) is 5.91 Å². The third-order valence-corrected chi connectivity index (χ3v) is 7.17. The number of hydrogen-bond acceptors (Lipinski definition) is 6. The highest BCUT2D eigenvalue weighted by Crippen LogP contribution is 2.35. The fourth-order valence-electron chi connectivity index (χ4n) is 4.78. The first-order valence-corrected chi connectivity index (χ1v) is 12.1. The second-order valence-electron chi connectivity index (χ2n) is 9.16. The van der Waals surface area contributed by atoms with Crippen LogP contribution in [0.3, 0.4) is 0 Å². The van der Waals surface area contributed by atoms with Crippen molar-refractivity contribution in [3.05, 3.63) is 41.8 Å². The largest absolute Gasteiger partial charge is 0.381 e. The van der Waals surface area contributed by atoms with Crippen LogP contribution in [0.5, 0.6) is 0 Å². The van der Waals surface area contributed by atoms with Crippen molar-refractivity contribution in [1.29, 1.82) is 5.26 Å². The highest BCUT2D eigenvalue weighted by Gasteiger charge is 2.33. The van der Waals surface area contributed by atoms with Gasteiger partial charge in [0.05, 0.1) is 39.8 Å². The van der Waals surface area contributed by atoms with Gasteiger partial charge in [0.25, 0.3) is 0 Å². The van der Waals surface area contributed by atoms with Crippen LogP contribution >= 0.6 is 11.6 Å². The Morgan fingerprint density at radius 2 is 2.18 bits per heavy atom. The zero-order valence-electron chi connectivity index (χ0n) is 18.9. The maximum absolute atomic E-state index is 12.7. The van der Waals surface area contributed by atoms with Crippen LogP contribution in [0.2, 0.25) is 5.02 Å². The Balaban J connectivity index is 1.42. The normalized spacial score (nSPS) is 20.1. The summed E-state index contributed by atoms with van der Waals surface area (Å²) in [4.78, 5) is 21.5. The SMILES string of the molecule is N#CC1(Cn2cnc3ccc(-c4cc(NC(=O)[C@@H]5CCCNC5)ncc4Cl)cc32)CCOCC1. The molecule has 1 amide bonds. The molecule has 0 saturated carbocycles. The van der Waals surface area contributed by atoms with E-state index in [-0.39, 0.29) is 11.8 Å². The van der Waals surface area contributed by atoms with E-state index in [9.17, 15) is 10.1 Å². The van der Waals surface area contributed by atoms with E-state index in [0.717, 1.165) is 41.5 Å². The molecule has 9 heteroatoms. The summed E-state index contributed by atoms with van der Waals surface area (Å²) in [5.41, 5.74) is 3.01. The average Bonchev–Trinajstić information content (AvgIpc) is 3.28. The van der Waals surface area contributed by atoms with E-state index in [1.54, 1.807) is 12.5 Å². The minimum atomic E-state index is -0.457. The standard InChI is InChI=1S/C25H27ClN6O2/c26-20-13-29-23(31-24(33)18-2-1-7-28-12-18)11-19(20)17-3-4-21-22(10-17)32(16-30-21)15-25(14-27)5-8-34-9-6-25/h3-4,10-11,13,16,18,28H,1-2,5-9,12,15H2,(H,29,31,33)/t18-/m1/s1. The first-order valence-electron chi connectivity index (χ1n) is 11.7. The van der Waals surface area contributed by atoms with Crippen molar-refractivity contribution < 1.29 is 9.53 Å². The van der Waals surface area contributed by atoms with Gasteiger partial charge >= 0.3 is 0 Å². The first kappa shape index (κ1) is 22.8. The van der Waals surface area contributed by atoms with Crippen LogP contribution in [0, 0.1) is 22.7 Å². The topological polar surface area (TPSA) is 105 Å². The Morgan fingerprint density at radius 1 is 1.32 bits per heavy atom. The summed E-state index contributed by atoms with van der Waals surface area (Å²) in [6, 6.07) is 10.3. The van der Waals surface area contributed by atoms with Crippen LogP contribution in [-0.2, 0) is 16.1 Å². The number of rotatable bonds is 5. The van der Waals surface area contributed by atoms with Gasteiger partial charge in [0.15, 0.2) is 0 Å². The number of benzene rings is 1. The Hall–Kier alpha value is -2.99. The molecule has 0 bridgehead atoms. The molecule has 3 aromatic rings. The molecule has 0 radical (unpaired) electrons. The van der Waals surface area contributed by atoms with Crippen LogP contribution in [0.4, 0.5) is 5.82 Å². The van der Waals surface area contributed by atoms with Crippen molar-refractivity contribution in [1.82, 2.24) is 19.9 Å². The van der Waals surface area contributed by atoms with E-state index < -0.39 is 5.41 Å². The number of ether oxygens (including phenoxy) is 1. The molecule has 5 rings (SSSR count). The minimum Gasteiger partial charge on any atom is -0.381 e. The highest BCUT2D eigenvalue weighted by molar-refractivity contribution is 6.33. The number of amides is 1. The molecule has 2 aliphatic rings. The van der Waals surface area contributed by atoms with Gasteiger partial charge in [-0.3, -0.25) is 4.79 Å². The van der Waals surface area contributed by atoms with Crippen molar-refractivity contribution in [3.8, 4) is 17.2 Å². The number of nitriles is 1. The smallest absolute Gasteiger partial charge is 0.229 e. The van der Waals surface area contributed by atoms with Crippen LogP contribution < -0.4 is 10.6 Å². The maximum Gasteiger partial charge on any atom is 0.229 e. The number of imidazole rings is 1. The summed E-state index contributed by atoms with van der Waals surface area (Å²) < 4.78 is 7.51. The fraction of sp³-hybridized carbons (Fsp3) is 0.440. The summed E-state index contributed by atoms with van der Waals surface area (Å²) in [6.07, 6.45) is 6.64.